The van der Waals surface area contributed by atoms with E-state index in [4.69, 9.17) is 5.11 Å². The first kappa shape index (κ1) is 9.00. The van der Waals surface area contributed by atoms with Gasteiger partial charge in [0.05, 0.1) is 6.10 Å². The van der Waals surface area contributed by atoms with Crippen molar-refractivity contribution in [3.05, 3.63) is 29.8 Å². The van der Waals surface area contributed by atoms with Crippen LogP contribution in [0.5, 0.6) is 5.75 Å². The molecular weight excluding hydrogens is 159 g/mol. The van der Waals surface area contributed by atoms with Crippen LogP contribution in [-0.4, -0.2) is 16.3 Å². The molecule has 2 unspecified atom stereocenters. The van der Waals surface area contributed by atoms with Crippen molar-refractivity contribution in [3.63, 3.8) is 0 Å². The van der Waals surface area contributed by atoms with Crippen LogP contribution in [0.15, 0.2) is 24.3 Å². The Morgan fingerprint density at radius 1 is 1.33 bits per heavy atom. The minimum absolute atomic E-state index is 0.120. The van der Waals surface area contributed by atoms with Gasteiger partial charge in [-0.2, -0.15) is 0 Å². The van der Waals surface area contributed by atoms with Gasteiger partial charge < -0.3 is 10.2 Å². The molecule has 0 bridgehead atoms. The van der Waals surface area contributed by atoms with Crippen LogP contribution in [0.25, 0.3) is 0 Å². The van der Waals surface area contributed by atoms with Crippen LogP contribution in [0, 0.1) is 0 Å². The largest absolute Gasteiger partial charge is 0.508 e. The van der Waals surface area contributed by atoms with E-state index in [-0.39, 0.29) is 11.3 Å². The van der Waals surface area contributed by atoms with E-state index in [9.17, 15) is 9.50 Å². The molecule has 2 atom stereocenters. The molecule has 1 rings (SSSR count). The van der Waals surface area contributed by atoms with E-state index in [1.807, 2.05) is 0 Å². The van der Waals surface area contributed by atoms with Crippen molar-refractivity contribution in [1.29, 1.82) is 0 Å². The van der Waals surface area contributed by atoms with E-state index in [1.54, 1.807) is 12.1 Å². The highest BCUT2D eigenvalue weighted by Crippen LogP contribution is 2.28. The number of hydrogen-bond acceptors (Lipinski definition) is 2. The molecular formula is C9H11FO2. The highest BCUT2D eigenvalue weighted by Gasteiger charge is 2.18. The lowest BCUT2D eigenvalue weighted by Gasteiger charge is -2.12. The van der Waals surface area contributed by atoms with E-state index in [0.717, 1.165) is 0 Å². The van der Waals surface area contributed by atoms with Crippen LogP contribution >= 0.6 is 0 Å². The fourth-order valence-corrected chi connectivity index (χ4v) is 0.981. The van der Waals surface area contributed by atoms with Crippen molar-refractivity contribution >= 4 is 0 Å². The van der Waals surface area contributed by atoms with Crippen LogP contribution in [0.4, 0.5) is 4.39 Å². The third kappa shape index (κ3) is 1.74. The average Bonchev–Trinajstić information content (AvgIpc) is 2.04. The zero-order valence-electron chi connectivity index (χ0n) is 6.74. The number of aromatic hydroxyl groups is 1. The second-order valence-electron chi connectivity index (χ2n) is 2.70. The normalized spacial score (nSPS) is 15.6. The van der Waals surface area contributed by atoms with Gasteiger partial charge >= 0.3 is 0 Å². The highest BCUT2D eigenvalue weighted by atomic mass is 19.1. The summed E-state index contributed by atoms with van der Waals surface area (Å²) in [5.41, 5.74) is 0.132. The molecule has 0 spiro atoms. The van der Waals surface area contributed by atoms with Gasteiger partial charge in [-0.3, -0.25) is 0 Å². The molecule has 2 nitrogen and oxygen atoms in total. The molecule has 0 aliphatic carbocycles. The van der Waals surface area contributed by atoms with Gasteiger partial charge in [-0.1, -0.05) is 18.2 Å². The number of phenols is 1. The smallest absolute Gasteiger partial charge is 0.154 e. The fraction of sp³-hybridized carbons (Fsp3) is 0.333. The summed E-state index contributed by atoms with van der Waals surface area (Å²) in [7, 11) is 0. The highest BCUT2D eigenvalue weighted by molar-refractivity contribution is 5.34. The molecule has 0 radical (unpaired) electrons. The van der Waals surface area contributed by atoms with Crippen LogP contribution < -0.4 is 0 Å². The van der Waals surface area contributed by atoms with Gasteiger partial charge in [-0.05, 0) is 13.0 Å². The number of para-hydroxylation sites is 1. The van der Waals surface area contributed by atoms with Crippen molar-refractivity contribution in [2.24, 2.45) is 0 Å². The predicted octanol–water partition coefficient (Wildman–Crippen LogP) is 1.78. The topological polar surface area (TPSA) is 40.5 Å². The number of aliphatic hydroxyl groups excluding tert-OH is 1. The summed E-state index contributed by atoms with van der Waals surface area (Å²) in [4.78, 5) is 0. The Morgan fingerprint density at radius 3 is 2.42 bits per heavy atom. The lowest BCUT2D eigenvalue weighted by atomic mass is 10.1. The maximum Gasteiger partial charge on any atom is 0.154 e. The van der Waals surface area contributed by atoms with E-state index in [1.165, 1.54) is 19.1 Å². The Hall–Kier alpha value is -1.09. The average molecular weight is 170 g/mol. The molecule has 0 heterocycles. The Kier molecular flexibility index (Phi) is 2.65. The molecule has 1 aromatic carbocycles. The molecule has 3 heteroatoms. The third-order valence-electron chi connectivity index (χ3n) is 1.66. The fourth-order valence-electron chi connectivity index (χ4n) is 0.981. The van der Waals surface area contributed by atoms with E-state index < -0.39 is 12.3 Å². The minimum atomic E-state index is -1.52. The summed E-state index contributed by atoms with van der Waals surface area (Å²) in [6.07, 6.45) is -2.62. The quantitative estimate of drug-likeness (QED) is 0.710. The van der Waals surface area contributed by atoms with Gasteiger partial charge in [-0.15, -0.1) is 0 Å². The number of halogens is 1. The Bertz CT molecular complexity index is 260. The van der Waals surface area contributed by atoms with Gasteiger partial charge in [0.2, 0.25) is 0 Å². The molecule has 0 amide bonds. The second-order valence-corrected chi connectivity index (χ2v) is 2.70. The molecule has 0 saturated heterocycles. The first-order chi connectivity index (χ1) is 5.63. The van der Waals surface area contributed by atoms with Crippen molar-refractivity contribution in [2.75, 3.05) is 0 Å². The molecule has 0 aliphatic rings. The standard InChI is InChI=1S/C9H11FO2/c1-6(11)9(10)7-4-2-3-5-8(7)12/h2-6,9,11-12H,1H3. The predicted molar refractivity (Wildman–Crippen MR) is 43.6 cm³/mol. The van der Waals surface area contributed by atoms with E-state index in [0.29, 0.717) is 0 Å². The van der Waals surface area contributed by atoms with Crippen LogP contribution in [0.2, 0.25) is 0 Å². The molecule has 0 fully saturated rings. The monoisotopic (exact) mass is 170 g/mol. The summed E-state index contributed by atoms with van der Waals surface area (Å²) < 4.78 is 13.1. The summed E-state index contributed by atoms with van der Waals surface area (Å²) in [5.74, 6) is -0.120. The maximum atomic E-state index is 13.1. The molecule has 0 aromatic heterocycles. The van der Waals surface area contributed by atoms with Crippen molar-refractivity contribution in [1.82, 2.24) is 0 Å². The first-order valence-electron chi connectivity index (χ1n) is 3.73. The van der Waals surface area contributed by atoms with Crippen molar-refractivity contribution in [2.45, 2.75) is 19.2 Å². The Balaban J connectivity index is 2.94. The maximum absolute atomic E-state index is 13.1. The zero-order chi connectivity index (χ0) is 9.14. The number of alkyl halides is 1. The van der Waals surface area contributed by atoms with Crippen LogP contribution in [0.1, 0.15) is 18.7 Å². The second kappa shape index (κ2) is 3.54. The molecule has 12 heavy (non-hydrogen) atoms. The molecule has 0 saturated carbocycles. The number of phenolic OH excluding ortho intramolecular Hbond substituents is 1. The van der Waals surface area contributed by atoms with Crippen LogP contribution in [-0.2, 0) is 0 Å². The zero-order valence-corrected chi connectivity index (χ0v) is 6.74. The molecule has 0 aliphatic heterocycles. The van der Waals surface area contributed by atoms with Crippen molar-refractivity contribution < 1.29 is 14.6 Å². The number of rotatable bonds is 2. The lowest BCUT2D eigenvalue weighted by Crippen LogP contribution is -2.09. The van der Waals surface area contributed by atoms with Gasteiger partial charge in [-0.25, -0.2) is 4.39 Å². The SMILES string of the molecule is CC(O)C(F)c1ccccc1O. The summed E-state index contributed by atoms with van der Waals surface area (Å²) >= 11 is 0. The molecule has 1 aromatic rings. The summed E-state index contributed by atoms with van der Waals surface area (Å²) in [5, 5.41) is 18.1. The van der Waals surface area contributed by atoms with Crippen LogP contribution in [0.3, 0.4) is 0 Å². The number of benzene rings is 1. The van der Waals surface area contributed by atoms with Gasteiger partial charge in [0, 0.05) is 5.56 Å². The van der Waals surface area contributed by atoms with Gasteiger partial charge in [0.1, 0.15) is 5.75 Å². The minimum Gasteiger partial charge on any atom is -0.508 e. The first-order valence-corrected chi connectivity index (χ1v) is 3.73. The number of aliphatic hydroxyl groups is 1. The third-order valence-corrected chi connectivity index (χ3v) is 1.66. The van der Waals surface area contributed by atoms with E-state index >= 15 is 0 Å². The lowest BCUT2D eigenvalue weighted by molar-refractivity contribution is 0.0916. The van der Waals surface area contributed by atoms with Gasteiger partial charge in [0.15, 0.2) is 6.17 Å². The summed E-state index contributed by atoms with van der Waals surface area (Å²) in [6.45, 7) is 1.34. The number of hydrogen-bond donors (Lipinski definition) is 2. The van der Waals surface area contributed by atoms with Gasteiger partial charge in [0.25, 0.3) is 0 Å². The molecule has 66 valence electrons. The van der Waals surface area contributed by atoms with Crippen molar-refractivity contribution in [3.8, 4) is 5.75 Å². The molecule has 2 N–H and O–H groups in total. The summed E-state index contributed by atoms with van der Waals surface area (Å²) in [6, 6.07) is 6.06. The Morgan fingerprint density at radius 2 is 1.92 bits per heavy atom. The van der Waals surface area contributed by atoms with E-state index in [2.05, 4.69) is 0 Å². The Labute approximate surface area is 70.3 Å².